The molecule has 1 N–H and O–H groups in total. The number of fused-ring (bicyclic) bond motifs is 1. The Morgan fingerprint density at radius 3 is 3.00 bits per heavy atom. The Balaban J connectivity index is 0.000000500. The summed E-state index contributed by atoms with van der Waals surface area (Å²) in [6.45, 7) is 0. The molecule has 0 bridgehead atoms. The zero-order valence-corrected chi connectivity index (χ0v) is 8.96. The Labute approximate surface area is 101 Å². The van der Waals surface area contributed by atoms with Gasteiger partial charge in [0, 0.05) is 63.8 Å². The van der Waals surface area contributed by atoms with Crippen LogP contribution in [0, 0.1) is 0 Å². The number of aromatic amines is 1. The van der Waals surface area contributed by atoms with Crippen molar-refractivity contribution >= 4 is 62.4 Å². The van der Waals surface area contributed by atoms with E-state index in [9.17, 15) is 0 Å². The minimum Gasteiger partial charge on any atom is -0.360 e. The van der Waals surface area contributed by atoms with E-state index in [1.807, 2.05) is 24.4 Å². The predicted molar refractivity (Wildman–Crippen MR) is 41.8 cm³/mol. The molecule has 0 aliphatic rings. The van der Waals surface area contributed by atoms with E-state index in [2.05, 4.69) is 9.97 Å². The first-order valence-electron chi connectivity index (χ1n) is 2.85. The van der Waals surface area contributed by atoms with Crippen LogP contribution in [0.2, 0.25) is 0 Å². The zero-order chi connectivity index (χ0) is 6.10. The summed E-state index contributed by atoms with van der Waals surface area (Å²) >= 11 is 0. The first-order valence-corrected chi connectivity index (χ1v) is 2.85. The molecule has 0 aliphatic heterocycles. The number of pyridine rings is 1. The van der Waals surface area contributed by atoms with Crippen molar-refractivity contribution in [3.05, 3.63) is 30.6 Å². The van der Waals surface area contributed by atoms with E-state index in [1.54, 1.807) is 6.20 Å². The molecule has 2 nitrogen and oxygen atoms in total. The predicted octanol–water partition coefficient (Wildman–Crippen LogP) is 1.18. The first-order chi connectivity index (χ1) is 4.47. The fraction of sp³-hybridized carbons (Fsp3) is 0. The van der Waals surface area contributed by atoms with Crippen LogP contribution >= 0.6 is 0 Å². The third-order valence-electron chi connectivity index (χ3n) is 1.32. The Bertz CT molecular complexity index is 286. The standard InChI is InChI=1S/C7H6N2.K/c1-2-6-7(8-4-1)3-5-9-6;/h1-5,9H;. The maximum atomic E-state index is 4.11. The van der Waals surface area contributed by atoms with E-state index in [0.29, 0.717) is 0 Å². The van der Waals surface area contributed by atoms with Crippen molar-refractivity contribution in [2.24, 2.45) is 0 Å². The van der Waals surface area contributed by atoms with E-state index >= 15 is 0 Å². The first kappa shape index (κ1) is 8.42. The van der Waals surface area contributed by atoms with Crippen LogP contribution in [0.25, 0.3) is 11.0 Å². The summed E-state index contributed by atoms with van der Waals surface area (Å²) < 4.78 is 0. The Morgan fingerprint density at radius 2 is 2.20 bits per heavy atom. The van der Waals surface area contributed by atoms with E-state index < -0.39 is 0 Å². The summed E-state index contributed by atoms with van der Waals surface area (Å²) in [6.07, 6.45) is 3.67. The van der Waals surface area contributed by atoms with Crippen LogP contribution in [-0.2, 0) is 0 Å². The van der Waals surface area contributed by atoms with E-state index in [-0.39, 0.29) is 51.4 Å². The number of hydrogen-bond acceptors (Lipinski definition) is 1. The number of nitrogens with one attached hydrogen (secondary N) is 1. The number of rotatable bonds is 0. The van der Waals surface area contributed by atoms with Crippen molar-refractivity contribution in [3.8, 4) is 0 Å². The van der Waals surface area contributed by atoms with Gasteiger partial charge in [-0.3, -0.25) is 4.98 Å². The maximum Gasteiger partial charge on any atom is 0.0878 e. The topological polar surface area (TPSA) is 28.7 Å². The van der Waals surface area contributed by atoms with Crippen LogP contribution in [0.5, 0.6) is 0 Å². The Morgan fingerprint density at radius 1 is 1.30 bits per heavy atom. The molecule has 0 saturated heterocycles. The van der Waals surface area contributed by atoms with Gasteiger partial charge in [0.25, 0.3) is 0 Å². The largest absolute Gasteiger partial charge is 0.360 e. The smallest absolute Gasteiger partial charge is 0.0878 e. The molecule has 3 heteroatoms. The molecule has 0 aliphatic carbocycles. The summed E-state index contributed by atoms with van der Waals surface area (Å²) in [4.78, 5) is 7.17. The normalized spacial score (nSPS) is 9.20. The fourth-order valence-corrected chi connectivity index (χ4v) is 0.883. The molecular formula is C7H6KN2. The van der Waals surface area contributed by atoms with Gasteiger partial charge in [-0.25, -0.2) is 0 Å². The fourth-order valence-electron chi connectivity index (χ4n) is 0.883. The molecule has 0 aromatic carbocycles. The molecule has 0 fully saturated rings. The van der Waals surface area contributed by atoms with Gasteiger partial charge in [-0.05, 0) is 18.2 Å². The number of H-pyrrole nitrogens is 1. The van der Waals surface area contributed by atoms with Crippen molar-refractivity contribution in [1.29, 1.82) is 0 Å². The molecule has 2 heterocycles. The average Bonchev–Trinajstić information content (AvgIpc) is 2.33. The van der Waals surface area contributed by atoms with Gasteiger partial charge < -0.3 is 4.98 Å². The molecule has 0 atom stereocenters. The van der Waals surface area contributed by atoms with Gasteiger partial charge in [-0.15, -0.1) is 0 Å². The molecule has 0 saturated carbocycles. The summed E-state index contributed by atoms with van der Waals surface area (Å²) in [6, 6.07) is 5.87. The quantitative estimate of drug-likeness (QED) is 0.572. The van der Waals surface area contributed by atoms with Crippen LogP contribution in [0.3, 0.4) is 0 Å². The monoisotopic (exact) mass is 157 g/mol. The van der Waals surface area contributed by atoms with Crippen molar-refractivity contribution < 1.29 is 0 Å². The second-order valence-corrected chi connectivity index (χ2v) is 1.91. The van der Waals surface area contributed by atoms with Crippen molar-refractivity contribution in [2.45, 2.75) is 0 Å². The molecule has 2 rings (SSSR count). The van der Waals surface area contributed by atoms with Crippen molar-refractivity contribution in [2.75, 3.05) is 0 Å². The molecule has 2 aromatic rings. The van der Waals surface area contributed by atoms with Gasteiger partial charge in [0.15, 0.2) is 0 Å². The van der Waals surface area contributed by atoms with Gasteiger partial charge in [0.1, 0.15) is 0 Å². The Hall–Kier alpha value is 0.326. The summed E-state index contributed by atoms with van der Waals surface area (Å²) in [7, 11) is 0. The second kappa shape index (κ2) is 3.64. The maximum absolute atomic E-state index is 4.11. The third kappa shape index (κ3) is 1.49. The SMILES string of the molecule is [K].c1cnc2cc[nH]c2c1. The minimum atomic E-state index is 0. The van der Waals surface area contributed by atoms with Crippen molar-refractivity contribution in [1.82, 2.24) is 9.97 Å². The van der Waals surface area contributed by atoms with Gasteiger partial charge in [0.05, 0.1) is 11.0 Å². The summed E-state index contributed by atoms with van der Waals surface area (Å²) in [5.74, 6) is 0. The van der Waals surface area contributed by atoms with Crippen LogP contribution in [-0.4, -0.2) is 61.4 Å². The van der Waals surface area contributed by atoms with Gasteiger partial charge in [-0.2, -0.15) is 0 Å². The van der Waals surface area contributed by atoms with E-state index in [0.717, 1.165) is 11.0 Å². The minimum absolute atomic E-state index is 0. The molecule has 10 heavy (non-hydrogen) atoms. The number of aromatic nitrogens is 2. The number of hydrogen-bond donors (Lipinski definition) is 1. The number of nitrogens with zero attached hydrogens (tertiary/aromatic N) is 1. The molecule has 1 radical (unpaired) electrons. The van der Waals surface area contributed by atoms with E-state index in [4.69, 9.17) is 0 Å². The molecule has 0 unspecified atom stereocenters. The molecular weight excluding hydrogens is 151 g/mol. The van der Waals surface area contributed by atoms with Gasteiger partial charge >= 0.3 is 0 Å². The summed E-state index contributed by atoms with van der Waals surface area (Å²) in [5, 5.41) is 0. The van der Waals surface area contributed by atoms with Gasteiger partial charge in [-0.1, -0.05) is 0 Å². The van der Waals surface area contributed by atoms with Gasteiger partial charge in [0.2, 0.25) is 0 Å². The van der Waals surface area contributed by atoms with Crippen LogP contribution in [0.4, 0.5) is 0 Å². The van der Waals surface area contributed by atoms with Crippen LogP contribution in [0.15, 0.2) is 30.6 Å². The zero-order valence-electron chi connectivity index (χ0n) is 5.83. The molecule has 0 amide bonds. The molecule has 0 spiro atoms. The van der Waals surface area contributed by atoms with Crippen LogP contribution < -0.4 is 0 Å². The Kier molecular flexibility index (Phi) is 3.07. The second-order valence-electron chi connectivity index (χ2n) is 1.91. The third-order valence-corrected chi connectivity index (χ3v) is 1.32. The van der Waals surface area contributed by atoms with Crippen molar-refractivity contribution in [3.63, 3.8) is 0 Å². The molecule has 2 aromatic heterocycles. The molecule has 45 valence electrons. The van der Waals surface area contributed by atoms with Crippen LogP contribution in [0.1, 0.15) is 0 Å². The van der Waals surface area contributed by atoms with E-state index in [1.165, 1.54) is 0 Å². The summed E-state index contributed by atoms with van der Waals surface area (Å²) in [5.41, 5.74) is 2.12. The average molecular weight is 157 g/mol.